The number of urea groups is 1. The molecule has 0 spiro atoms. The second-order valence-electron chi connectivity index (χ2n) is 6.53. The Balaban J connectivity index is 1.51. The van der Waals surface area contributed by atoms with Crippen LogP contribution in [-0.2, 0) is 22.2 Å². The van der Waals surface area contributed by atoms with E-state index in [1.807, 2.05) is 4.90 Å². The maximum Gasteiger partial charge on any atom is 0.416 e. The molecule has 1 aromatic carbocycles. The summed E-state index contributed by atoms with van der Waals surface area (Å²) in [5.74, 6) is -0.510. The van der Waals surface area contributed by atoms with E-state index in [-0.39, 0.29) is 24.7 Å². The summed E-state index contributed by atoms with van der Waals surface area (Å²) in [6.45, 7) is 1.84. The Hall–Kier alpha value is -2.62. The van der Waals surface area contributed by atoms with Gasteiger partial charge in [-0.15, -0.1) is 0 Å². The number of halogens is 3. The highest BCUT2D eigenvalue weighted by Crippen LogP contribution is 2.29. The van der Waals surface area contributed by atoms with Crippen LogP contribution in [0, 0.1) is 0 Å². The van der Waals surface area contributed by atoms with Crippen LogP contribution in [0.2, 0.25) is 0 Å². The molecule has 27 heavy (non-hydrogen) atoms. The Morgan fingerprint density at radius 1 is 1.07 bits per heavy atom. The van der Waals surface area contributed by atoms with E-state index in [1.54, 1.807) is 4.90 Å². The lowest BCUT2D eigenvalue weighted by Gasteiger charge is -2.40. The predicted octanol–water partition coefficient (Wildman–Crippen LogP) is 0.948. The number of alkyl halides is 3. The number of carbonyl (C=O) groups excluding carboxylic acids is 3. The number of amides is 4. The van der Waals surface area contributed by atoms with Gasteiger partial charge in [-0.2, -0.15) is 13.2 Å². The van der Waals surface area contributed by atoms with E-state index in [0.29, 0.717) is 31.7 Å². The van der Waals surface area contributed by atoms with Crippen molar-refractivity contribution in [2.24, 2.45) is 0 Å². The molecule has 3 rings (SSSR count). The molecule has 10 heteroatoms. The summed E-state index contributed by atoms with van der Waals surface area (Å²) in [6.07, 6.45) is -4.60. The Kier molecular flexibility index (Phi) is 5.36. The fourth-order valence-corrected chi connectivity index (χ4v) is 3.19. The number of nitrogens with one attached hydrogen (secondary N) is 2. The van der Waals surface area contributed by atoms with Crippen molar-refractivity contribution in [3.8, 4) is 0 Å². The van der Waals surface area contributed by atoms with Crippen molar-refractivity contribution >= 4 is 17.8 Å². The Bertz CT molecular complexity index is 712. The zero-order valence-electron chi connectivity index (χ0n) is 14.4. The quantitative estimate of drug-likeness (QED) is 0.813. The summed E-state index contributed by atoms with van der Waals surface area (Å²) < 4.78 is 37.7. The highest BCUT2D eigenvalue weighted by Gasteiger charge is 2.32. The van der Waals surface area contributed by atoms with Gasteiger partial charge in [0, 0.05) is 26.2 Å². The van der Waals surface area contributed by atoms with Crippen LogP contribution >= 0.6 is 0 Å². The third-order valence-corrected chi connectivity index (χ3v) is 4.67. The number of piperazine rings is 1. The predicted molar refractivity (Wildman–Crippen MR) is 88.4 cm³/mol. The molecule has 2 aliphatic rings. The van der Waals surface area contributed by atoms with E-state index in [0.717, 1.165) is 12.1 Å². The van der Waals surface area contributed by atoms with E-state index in [4.69, 9.17) is 0 Å². The molecule has 1 atom stereocenters. The highest BCUT2D eigenvalue weighted by atomic mass is 19.4. The maximum absolute atomic E-state index is 12.6. The maximum atomic E-state index is 12.6. The van der Waals surface area contributed by atoms with Crippen LogP contribution in [0.3, 0.4) is 0 Å². The SMILES string of the molecule is O=C1CC(N2CCN(C(=O)Cc3ccc(C(F)(F)F)cc3)CC2)NC(=O)N1. The fourth-order valence-electron chi connectivity index (χ4n) is 3.19. The second-order valence-corrected chi connectivity index (χ2v) is 6.53. The van der Waals surface area contributed by atoms with Crippen LogP contribution in [-0.4, -0.2) is 60.0 Å². The average Bonchev–Trinajstić information content (AvgIpc) is 2.61. The molecule has 0 aliphatic carbocycles. The largest absolute Gasteiger partial charge is 0.416 e. The van der Waals surface area contributed by atoms with Gasteiger partial charge in [0.2, 0.25) is 11.8 Å². The number of benzene rings is 1. The van der Waals surface area contributed by atoms with E-state index in [9.17, 15) is 27.6 Å². The number of rotatable bonds is 3. The molecular formula is C17H19F3N4O3. The normalized spacial score (nSPS) is 21.6. The minimum atomic E-state index is -4.40. The first-order valence-electron chi connectivity index (χ1n) is 8.50. The van der Waals surface area contributed by atoms with E-state index in [1.165, 1.54) is 12.1 Å². The molecule has 2 heterocycles. The van der Waals surface area contributed by atoms with Crippen molar-refractivity contribution in [1.82, 2.24) is 20.4 Å². The molecule has 0 aromatic heterocycles. The minimum Gasteiger partial charge on any atom is -0.340 e. The smallest absolute Gasteiger partial charge is 0.340 e. The molecule has 2 N–H and O–H groups in total. The van der Waals surface area contributed by atoms with E-state index in [2.05, 4.69) is 10.6 Å². The molecule has 0 bridgehead atoms. The zero-order chi connectivity index (χ0) is 19.6. The molecule has 7 nitrogen and oxygen atoms in total. The number of imide groups is 1. The number of carbonyl (C=O) groups is 3. The van der Waals surface area contributed by atoms with Gasteiger partial charge >= 0.3 is 12.2 Å². The monoisotopic (exact) mass is 384 g/mol. The van der Waals surface area contributed by atoms with Crippen molar-refractivity contribution in [3.63, 3.8) is 0 Å². The zero-order valence-corrected chi connectivity index (χ0v) is 14.4. The lowest BCUT2D eigenvalue weighted by molar-refractivity contribution is -0.137. The van der Waals surface area contributed by atoms with Crippen molar-refractivity contribution < 1.29 is 27.6 Å². The summed E-state index contributed by atoms with van der Waals surface area (Å²) in [5, 5.41) is 4.84. The third-order valence-electron chi connectivity index (χ3n) is 4.67. The van der Waals surface area contributed by atoms with Gasteiger partial charge in [-0.05, 0) is 17.7 Å². The molecule has 4 amide bonds. The summed E-state index contributed by atoms with van der Waals surface area (Å²) >= 11 is 0. The second kappa shape index (κ2) is 7.55. The van der Waals surface area contributed by atoms with Gasteiger partial charge in [0.25, 0.3) is 0 Å². The first-order chi connectivity index (χ1) is 12.7. The van der Waals surface area contributed by atoms with Crippen molar-refractivity contribution in [2.75, 3.05) is 26.2 Å². The fraction of sp³-hybridized carbons (Fsp3) is 0.471. The standard InChI is InChI=1S/C17H19F3N4O3/c18-17(19,20)12-3-1-11(2-4-12)9-15(26)24-7-5-23(6-8-24)13-10-14(25)22-16(27)21-13/h1-4,13H,5-10H2,(H2,21,22,25,27). The first-order valence-corrected chi connectivity index (χ1v) is 8.50. The van der Waals surface area contributed by atoms with Gasteiger partial charge < -0.3 is 10.2 Å². The van der Waals surface area contributed by atoms with Gasteiger partial charge in [-0.25, -0.2) is 4.79 Å². The van der Waals surface area contributed by atoms with Crippen molar-refractivity contribution in [3.05, 3.63) is 35.4 Å². The van der Waals surface area contributed by atoms with E-state index < -0.39 is 23.9 Å². The third kappa shape index (κ3) is 4.76. The summed E-state index contributed by atoms with van der Waals surface area (Å²) in [6, 6.07) is 4.03. The average molecular weight is 384 g/mol. The molecular weight excluding hydrogens is 365 g/mol. The van der Waals surface area contributed by atoms with Gasteiger partial charge in [0.15, 0.2) is 0 Å². The Morgan fingerprint density at radius 2 is 1.70 bits per heavy atom. The van der Waals surface area contributed by atoms with Crippen LogP contribution < -0.4 is 10.6 Å². The van der Waals surface area contributed by atoms with Gasteiger partial charge in [-0.3, -0.25) is 19.8 Å². The van der Waals surface area contributed by atoms with Crippen molar-refractivity contribution in [1.29, 1.82) is 0 Å². The Morgan fingerprint density at radius 3 is 2.26 bits per heavy atom. The minimum absolute atomic E-state index is 0.0285. The molecule has 2 aliphatic heterocycles. The molecule has 0 saturated carbocycles. The summed E-state index contributed by atoms with van der Waals surface area (Å²) in [4.78, 5) is 38.8. The van der Waals surface area contributed by atoms with Crippen LogP contribution in [0.1, 0.15) is 17.5 Å². The highest BCUT2D eigenvalue weighted by molar-refractivity contribution is 5.97. The molecule has 2 saturated heterocycles. The van der Waals surface area contributed by atoms with Gasteiger partial charge in [-0.1, -0.05) is 12.1 Å². The number of nitrogens with zero attached hydrogens (tertiary/aromatic N) is 2. The van der Waals surface area contributed by atoms with Crippen LogP contribution in [0.4, 0.5) is 18.0 Å². The molecule has 0 radical (unpaired) electrons. The molecule has 2 fully saturated rings. The summed E-state index contributed by atoms with van der Waals surface area (Å²) in [5.41, 5.74) is -0.225. The van der Waals surface area contributed by atoms with E-state index >= 15 is 0 Å². The molecule has 146 valence electrons. The number of hydrogen-bond donors (Lipinski definition) is 2. The van der Waals surface area contributed by atoms with Crippen LogP contribution in [0.5, 0.6) is 0 Å². The topological polar surface area (TPSA) is 81.8 Å². The Labute approximate surface area is 153 Å². The first kappa shape index (κ1) is 19.2. The lowest BCUT2D eigenvalue weighted by Crippen LogP contribution is -2.62. The van der Waals surface area contributed by atoms with Crippen LogP contribution in [0.25, 0.3) is 0 Å². The number of hydrogen-bond acceptors (Lipinski definition) is 4. The van der Waals surface area contributed by atoms with Crippen LogP contribution in [0.15, 0.2) is 24.3 Å². The molecule has 1 unspecified atom stereocenters. The molecule has 1 aromatic rings. The summed E-state index contributed by atoms with van der Waals surface area (Å²) in [7, 11) is 0. The lowest BCUT2D eigenvalue weighted by atomic mass is 10.1. The van der Waals surface area contributed by atoms with Crippen molar-refractivity contribution in [2.45, 2.75) is 25.2 Å². The van der Waals surface area contributed by atoms with Gasteiger partial charge in [0.05, 0.1) is 24.6 Å². The van der Waals surface area contributed by atoms with Gasteiger partial charge in [0.1, 0.15) is 0 Å².